The van der Waals surface area contributed by atoms with Gasteiger partial charge in [0.25, 0.3) is 0 Å². The van der Waals surface area contributed by atoms with E-state index in [1.807, 2.05) is 18.3 Å². The maximum Gasteiger partial charge on any atom is 0.0644 e. The number of nitrogens with zero attached hydrogens (tertiary/aromatic N) is 2. The fourth-order valence-corrected chi connectivity index (χ4v) is 2.63. The minimum absolute atomic E-state index is 0.293. The molecule has 2 heterocycles. The average Bonchev–Trinajstić information content (AvgIpc) is 2.57. The smallest absolute Gasteiger partial charge is 0.0644 e. The number of rotatable bonds is 3. The van der Waals surface area contributed by atoms with E-state index in [0.717, 1.165) is 24.7 Å². The Kier molecular flexibility index (Phi) is 4.51. The Morgan fingerprint density at radius 1 is 1.41 bits per heavy atom. The molecule has 1 saturated heterocycles. The molecule has 3 nitrogen and oxygen atoms in total. The summed E-state index contributed by atoms with van der Waals surface area (Å²) in [6, 6.07) is 6.39. The van der Waals surface area contributed by atoms with Crippen LogP contribution in [0, 0.1) is 5.92 Å². The maximum atomic E-state index is 5.94. The molecular weight excluding hydrogens is 210 g/mol. The molecule has 1 aliphatic rings. The van der Waals surface area contributed by atoms with Gasteiger partial charge in [0.1, 0.15) is 0 Å². The highest BCUT2D eigenvalue weighted by molar-refractivity contribution is 5.09. The zero-order valence-electron chi connectivity index (χ0n) is 10.7. The van der Waals surface area contributed by atoms with Gasteiger partial charge in [0.2, 0.25) is 0 Å². The van der Waals surface area contributed by atoms with Gasteiger partial charge in [0, 0.05) is 12.7 Å². The quantitative estimate of drug-likeness (QED) is 0.870. The van der Waals surface area contributed by atoms with Crippen molar-refractivity contribution in [1.82, 2.24) is 9.88 Å². The van der Waals surface area contributed by atoms with Crippen LogP contribution < -0.4 is 5.73 Å². The molecule has 2 N–H and O–H groups in total. The summed E-state index contributed by atoms with van der Waals surface area (Å²) in [5.41, 5.74) is 7.05. The molecule has 0 aliphatic carbocycles. The fraction of sp³-hybridized carbons (Fsp3) is 0.643. The zero-order chi connectivity index (χ0) is 12.1. The summed E-state index contributed by atoms with van der Waals surface area (Å²) < 4.78 is 0. The van der Waals surface area contributed by atoms with Crippen molar-refractivity contribution in [3.8, 4) is 0 Å². The Balaban J connectivity index is 2.07. The summed E-state index contributed by atoms with van der Waals surface area (Å²) >= 11 is 0. The monoisotopic (exact) mass is 233 g/mol. The number of likely N-dealkylation sites (tertiary alicyclic amines) is 1. The molecule has 1 aromatic heterocycles. The molecule has 1 aromatic rings. The van der Waals surface area contributed by atoms with Gasteiger partial charge in [-0.3, -0.25) is 9.88 Å². The molecule has 0 radical (unpaired) electrons. The fourth-order valence-electron chi connectivity index (χ4n) is 2.63. The summed E-state index contributed by atoms with van der Waals surface area (Å²) in [6.45, 7) is 5.31. The van der Waals surface area contributed by atoms with Gasteiger partial charge in [0.05, 0.1) is 11.7 Å². The Morgan fingerprint density at radius 3 is 3.00 bits per heavy atom. The van der Waals surface area contributed by atoms with Crippen LogP contribution in [0.3, 0.4) is 0 Å². The molecule has 1 aliphatic heterocycles. The van der Waals surface area contributed by atoms with E-state index < -0.39 is 0 Å². The zero-order valence-corrected chi connectivity index (χ0v) is 10.7. The van der Waals surface area contributed by atoms with Crippen molar-refractivity contribution < 1.29 is 0 Å². The summed E-state index contributed by atoms with van der Waals surface area (Å²) in [4.78, 5) is 6.96. The highest BCUT2D eigenvalue weighted by Gasteiger charge is 2.22. The highest BCUT2D eigenvalue weighted by atomic mass is 15.2. The molecule has 0 bridgehead atoms. The van der Waals surface area contributed by atoms with Gasteiger partial charge in [0.15, 0.2) is 0 Å². The van der Waals surface area contributed by atoms with Crippen molar-refractivity contribution in [2.45, 2.75) is 32.2 Å². The predicted molar refractivity (Wildman–Crippen MR) is 70.6 cm³/mol. The third-order valence-corrected chi connectivity index (χ3v) is 3.74. The molecule has 3 heteroatoms. The second kappa shape index (κ2) is 6.12. The molecule has 0 spiro atoms. The Morgan fingerprint density at radius 2 is 2.29 bits per heavy atom. The third kappa shape index (κ3) is 3.27. The van der Waals surface area contributed by atoms with Crippen LogP contribution in [0.15, 0.2) is 24.4 Å². The van der Waals surface area contributed by atoms with Crippen LogP contribution in [-0.4, -0.2) is 29.5 Å². The van der Waals surface area contributed by atoms with Crippen molar-refractivity contribution in [2.24, 2.45) is 11.7 Å². The Bertz CT molecular complexity index is 325. The normalized spacial score (nSPS) is 24.2. The van der Waals surface area contributed by atoms with Crippen molar-refractivity contribution in [2.75, 3.05) is 19.6 Å². The predicted octanol–water partition coefficient (Wildman–Crippen LogP) is 2.20. The first-order valence-electron chi connectivity index (χ1n) is 6.66. The summed E-state index contributed by atoms with van der Waals surface area (Å²) in [7, 11) is 0. The van der Waals surface area contributed by atoms with E-state index in [-0.39, 0.29) is 0 Å². The minimum Gasteiger partial charge on any atom is -0.329 e. The first-order chi connectivity index (χ1) is 8.31. The molecule has 2 rings (SSSR count). The first kappa shape index (κ1) is 12.5. The lowest BCUT2D eigenvalue weighted by Gasteiger charge is -2.29. The van der Waals surface area contributed by atoms with E-state index in [0.29, 0.717) is 12.6 Å². The SMILES string of the molecule is CC1CCCN(C(CN)c2ccccn2)CC1. The van der Waals surface area contributed by atoms with Gasteiger partial charge in [-0.2, -0.15) is 0 Å². The van der Waals surface area contributed by atoms with Gasteiger partial charge in [-0.15, -0.1) is 0 Å². The van der Waals surface area contributed by atoms with Crippen LogP contribution in [0.4, 0.5) is 0 Å². The number of hydrogen-bond donors (Lipinski definition) is 1. The molecule has 17 heavy (non-hydrogen) atoms. The Hall–Kier alpha value is -0.930. The van der Waals surface area contributed by atoms with E-state index in [4.69, 9.17) is 5.73 Å². The highest BCUT2D eigenvalue weighted by Crippen LogP contribution is 2.24. The van der Waals surface area contributed by atoms with E-state index in [1.54, 1.807) is 0 Å². The van der Waals surface area contributed by atoms with Crippen molar-refractivity contribution in [3.63, 3.8) is 0 Å². The molecule has 0 saturated carbocycles. The van der Waals surface area contributed by atoms with Gasteiger partial charge in [-0.25, -0.2) is 0 Å². The molecule has 0 amide bonds. The largest absolute Gasteiger partial charge is 0.329 e. The van der Waals surface area contributed by atoms with Gasteiger partial charge in [-0.1, -0.05) is 13.0 Å². The lowest BCUT2D eigenvalue weighted by Crippen LogP contribution is -2.35. The number of aromatic nitrogens is 1. The standard InChI is InChI=1S/C14H23N3/c1-12-5-4-9-17(10-7-12)14(11-15)13-6-2-3-8-16-13/h2-3,6,8,12,14H,4-5,7,9-11,15H2,1H3. The maximum absolute atomic E-state index is 5.94. The van der Waals surface area contributed by atoms with Crippen LogP contribution in [-0.2, 0) is 0 Å². The average molecular weight is 233 g/mol. The Labute approximate surface area is 104 Å². The van der Waals surface area contributed by atoms with E-state index in [2.05, 4.69) is 22.9 Å². The van der Waals surface area contributed by atoms with Crippen molar-refractivity contribution in [1.29, 1.82) is 0 Å². The molecule has 2 atom stereocenters. The molecule has 1 fully saturated rings. The molecule has 94 valence electrons. The van der Waals surface area contributed by atoms with Crippen molar-refractivity contribution >= 4 is 0 Å². The van der Waals surface area contributed by atoms with Crippen molar-refractivity contribution in [3.05, 3.63) is 30.1 Å². The van der Waals surface area contributed by atoms with E-state index in [1.165, 1.54) is 19.3 Å². The van der Waals surface area contributed by atoms with Crippen LogP contribution in [0.25, 0.3) is 0 Å². The lowest BCUT2D eigenvalue weighted by molar-refractivity contribution is 0.204. The van der Waals surface area contributed by atoms with Crippen LogP contribution in [0.2, 0.25) is 0 Å². The number of pyridine rings is 1. The van der Waals surface area contributed by atoms with E-state index >= 15 is 0 Å². The molecule has 0 aromatic carbocycles. The van der Waals surface area contributed by atoms with Gasteiger partial charge < -0.3 is 5.73 Å². The van der Waals surface area contributed by atoms with Crippen LogP contribution >= 0.6 is 0 Å². The first-order valence-corrected chi connectivity index (χ1v) is 6.66. The molecular formula is C14H23N3. The minimum atomic E-state index is 0.293. The lowest BCUT2D eigenvalue weighted by atomic mass is 10.0. The van der Waals surface area contributed by atoms with E-state index in [9.17, 15) is 0 Å². The topological polar surface area (TPSA) is 42.1 Å². The van der Waals surface area contributed by atoms with Gasteiger partial charge in [-0.05, 0) is 50.4 Å². The summed E-state index contributed by atoms with van der Waals surface area (Å²) in [6.07, 6.45) is 5.77. The number of hydrogen-bond acceptors (Lipinski definition) is 3. The second-order valence-electron chi connectivity index (χ2n) is 5.08. The molecule has 2 unspecified atom stereocenters. The second-order valence-corrected chi connectivity index (χ2v) is 5.08. The third-order valence-electron chi connectivity index (χ3n) is 3.74. The van der Waals surface area contributed by atoms with Crippen LogP contribution in [0.1, 0.15) is 37.9 Å². The van der Waals surface area contributed by atoms with Gasteiger partial charge >= 0.3 is 0 Å². The van der Waals surface area contributed by atoms with Crippen LogP contribution in [0.5, 0.6) is 0 Å². The number of nitrogens with two attached hydrogens (primary N) is 1. The summed E-state index contributed by atoms with van der Waals surface area (Å²) in [5, 5.41) is 0. The summed E-state index contributed by atoms with van der Waals surface area (Å²) in [5.74, 6) is 0.849.